The Morgan fingerprint density at radius 3 is 2.49 bits per heavy atom. The topological polar surface area (TPSA) is 92.7 Å². The number of aliphatic imine (C=N–C) groups is 1. The minimum Gasteiger partial charge on any atom is -0.457 e. The smallest absolute Gasteiger partial charge is 0.338 e. The molecule has 1 fully saturated rings. The van der Waals surface area contributed by atoms with Gasteiger partial charge >= 0.3 is 5.97 Å². The number of esters is 1. The van der Waals surface area contributed by atoms with Crippen LogP contribution in [0.1, 0.15) is 30.5 Å². The van der Waals surface area contributed by atoms with E-state index in [-0.39, 0.29) is 18.9 Å². The summed E-state index contributed by atoms with van der Waals surface area (Å²) >= 11 is 1.45. The highest BCUT2D eigenvalue weighted by atomic mass is 32.2. The first-order valence-electron chi connectivity index (χ1n) is 15.1. The second-order valence-electron chi connectivity index (χ2n) is 10.9. The van der Waals surface area contributed by atoms with Crippen LogP contribution in [-0.4, -0.2) is 66.2 Å². The molecule has 6 rings (SSSR count). The van der Waals surface area contributed by atoms with Gasteiger partial charge in [0.25, 0.3) is 0 Å². The first kappa shape index (κ1) is 30.6. The summed E-state index contributed by atoms with van der Waals surface area (Å²) < 4.78 is 17.4. The van der Waals surface area contributed by atoms with Gasteiger partial charge in [0.15, 0.2) is 5.17 Å². The number of amidine groups is 1. The van der Waals surface area contributed by atoms with E-state index in [4.69, 9.17) is 19.2 Å². The number of nitrogens with zero attached hydrogens (tertiary/aromatic N) is 3. The molecular formula is C35H36N4O5S. The Morgan fingerprint density at radius 1 is 0.978 bits per heavy atom. The number of allylic oxidation sites excluding steroid dienone is 1. The predicted molar refractivity (Wildman–Crippen MR) is 174 cm³/mol. The number of hydrogen-bond donors (Lipinski definition) is 1. The SMILES string of the molecule is CC1=C(C(=O)OCc2ccccc2)C(c2cccc(Oc3ccccc3)c2)N2C(CC(=O)NCCN3CCOCC3)=CSC2=N1. The predicted octanol–water partition coefficient (Wildman–Crippen LogP) is 5.64. The molecule has 0 bridgehead atoms. The van der Waals surface area contributed by atoms with E-state index in [0.29, 0.717) is 34.5 Å². The standard InChI is InChI=1S/C35H36N4O5S/c1-25-32(34(41)43-23-26-9-4-2-5-10-26)33(27-11-8-14-30(21-27)44-29-12-6-3-7-13-29)39-28(24-45-35(39)37-25)22-31(40)36-15-16-38-17-19-42-20-18-38/h2-14,21,24,33H,15-20,22-23H2,1H3,(H,36,40). The van der Waals surface area contributed by atoms with Gasteiger partial charge in [0.2, 0.25) is 5.91 Å². The Balaban J connectivity index is 1.25. The average molecular weight is 625 g/mol. The van der Waals surface area contributed by atoms with Gasteiger partial charge in [-0.1, -0.05) is 72.4 Å². The van der Waals surface area contributed by atoms with Crippen molar-refractivity contribution in [2.75, 3.05) is 39.4 Å². The van der Waals surface area contributed by atoms with Crippen LogP contribution in [0, 0.1) is 0 Å². The summed E-state index contributed by atoms with van der Waals surface area (Å²) in [5.74, 6) is 0.803. The van der Waals surface area contributed by atoms with Crippen molar-refractivity contribution in [2.45, 2.75) is 26.0 Å². The molecule has 0 radical (unpaired) electrons. The van der Waals surface area contributed by atoms with Gasteiger partial charge in [-0.2, -0.15) is 0 Å². The Kier molecular flexibility index (Phi) is 9.94. The molecule has 3 aliphatic heterocycles. The van der Waals surface area contributed by atoms with Crippen molar-refractivity contribution >= 4 is 28.8 Å². The molecule has 0 aliphatic carbocycles. The fraction of sp³-hybridized carbons (Fsp3) is 0.286. The minimum absolute atomic E-state index is 0.0873. The first-order chi connectivity index (χ1) is 22.0. The molecule has 1 amide bonds. The lowest BCUT2D eigenvalue weighted by Crippen LogP contribution is -2.42. The third-order valence-corrected chi connectivity index (χ3v) is 8.67. The highest BCUT2D eigenvalue weighted by Crippen LogP contribution is 2.45. The summed E-state index contributed by atoms with van der Waals surface area (Å²) in [6.07, 6.45) is 0.150. The van der Waals surface area contributed by atoms with E-state index < -0.39 is 12.0 Å². The summed E-state index contributed by atoms with van der Waals surface area (Å²) in [5.41, 5.74) is 3.49. The highest BCUT2D eigenvalue weighted by molar-refractivity contribution is 8.16. The molecule has 9 nitrogen and oxygen atoms in total. The monoisotopic (exact) mass is 624 g/mol. The molecule has 1 saturated heterocycles. The van der Waals surface area contributed by atoms with E-state index in [0.717, 1.165) is 49.7 Å². The Bertz CT molecular complexity index is 1600. The third-order valence-electron chi connectivity index (χ3n) is 7.78. The third kappa shape index (κ3) is 7.65. The van der Waals surface area contributed by atoms with Crippen molar-refractivity contribution in [3.05, 3.63) is 118 Å². The van der Waals surface area contributed by atoms with Crippen molar-refractivity contribution < 1.29 is 23.8 Å². The van der Waals surface area contributed by atoms with Crippen LogP contribution in [0.15, 0.2) is 112 Å². The van der Waals surface area contributed by atoms with Crippen LogP contribution >= 0.6 is 11.8 Å². The van der Waals surface area contributed by atoms with Crippen molar-refractivity contribution in [2.24, 2.45) is 4.99 Å². The lowest BCUT2D eigenvalue weighted by Gasteiger charge is -2.36. The quantitative estimate of drug-likeness (QED) is 0.274. The normalized spacial score (nSPS) is 18.2. The molecule has 3 aromatic rings. The summed E-state index contributed by atoms with van der Waals surface area (Å²) in [7, 11) is 0. The maximum Gasteiger partial charge on any atom is 0.338 e. The second kappa shape index (κ2) is 14.6. The van der Waals surface area contributed by atoms with Crippen molar-refractivity contribution in [3.63, 3.8) is 0 Å². The van der Waals surface area contributed by atoms with E-state index in [1.807, 2.05) is 102 Å². The summed E-state index contributed by atoms with van der Waals surface area (Å²) in [6.45, 7) is 6.48. The van der Waals surface area contributed by atoms with Gasteiger partial charge in [-0.05, 0) is 47.7 Å². The molecule has 0 spiro atoms. The molecule has 45 heavy (non-hydrogen) atoms. The number of morpholine rings is 1. The van der Waals surface area contributed by atoms with Crippen LogP contribution < -0.4 is 10.1 Å². The lowest BCUT2D eigenvalue weighted by molar-refractivity contribution is -0.141. The van der Waals surface area contributed by atoms with Gasteiger partial charge in [-0.3, -0.25) is 9.69 Å². The first-order valence-corrected chi connectivity index (χ1v) is 16.0. The van der Waals surface area contributed by atoms with Gasteiger partial charge in [0.1, 0.15) is 18.1 Å². The number of carbonyl (C=O) groups is 2. The molecule has 10 heteroatoms. The van der Waals surface area contributed by atoms with Gasteiger partial charge in [0.05, 0.1) is 36.9 Å². The molecule has 1 atom stereocenters. The summed E-state index contributed by atoms with van der Waals surface area (Å²) in [4.78, 5) is 36.1. The van der Waals surface area contributed by atoms with Crippen molar-refractivity contribution in [1.82, 2.24) is 15.1 Å². The fourth-order valence-electron chi connectivity index (χ4n) is 5.52. The molecule has 0 saturated carbocycles. The number of para-hydroxylation sites is 1. The van der Waals surface area contributed by atoms with E-state index in [1.165, 1.54) is 11.8 Å². The number of rotatable bonds is 11. The largest absolute Gasteiger partial charge is 0.457 e. The summed E-state index contributed by atoms with van der Waals surface area (Å²) in [6, 6.07) is 26.3. The van der Waals surface area contributed by atoms with Crippen molar-refractivity contribution in [3.8, 4) is 11.5 Å². The lowest BCUT2D eigenvalue weighted by atomic mass is 9.93. The van der Waals surface area contributed by atoms with Gasteiger partial charge in [-0.25, -0.2) is 9.79 Å². The zero-order chi connectivity index (χ0) is 31.0. The zero-order valence-electron chi connectivity index (χ0n) is 25.2. The number of hydrogen-bond acceptors (Lipinski definition) is 9. The van der Waals surface area contributed by atoms with Gasteiger partial charge < -0.3 is 24.4 Å². The Labute approximate surface area is 267 Å². The fourth-order valence-corrected chi connectivity index (χ4v) is 6.49. The number of benzene rings is 3. The zero-order valence-corrected chi connectivity index (χ0v) is 26.0. The molecule has 3 aliphatic rings. The highest BCUT2D eigenvalue weighted by Gasteiger charge is 2.41. The second-order valence-corrected chi connectivity index (χ2v) is 11.8. The van der Waals surface area contributed by atoms with Crippen molar-refractivity contribution in [1.29, 1.82) is 0 Å². The molecular weight excluding hydrogens is 588 g/mol. The average Bonchev–Trinajstić information content (AvgIpc) is 3.46. The van der Waals surface area contributed by atoms with E-state index in [2.05, 4.69) is 10.2 Å². The van der Waals surface area contributed by atoms with Crippen LogP contribution in [0.4, 0.5) is 0 Å². The van der Waals surface area contributed by atoms with Crippen LogP contribution in [0.25, 0.3) is 0 Å². The number of fused-ring (bicyclic) bond motifs is 1. The number of thioether (sulfide) groups is 1. The number of amides is 1. The number of nitrogens with one attached hydrogen (secondary N) is 1. The molecule has 3 aromatic carbocycles. The van der Waals surface area contributed by atoms with Crippen LogP contribution in [-0.2, 0) is 25.7 Å². The molecule has 232 valence electrons. The Morgan fingerprint density at radius 2 is 1.71 bits per heavy atom. The number of ether oxygens (including phenoxy) is 3. The number of carbonyl (C=O) groups excluding carboxylic acids is 2. The van der Waals surface area contributed by atoms with E-state index >= 15 is 0 Å². The maximum absolute atomic E-state index is 13.8. The molecule has 1 N–H and O–H groups in total. The summed E-state index contributed by atoms with van der Waals surface area (Å²) in [5, 5.41) is 5.72. The van der Waals surface area contributed by atoms with Crippen LogP contribution in [0.5, 0.6) is 11.5 Å². The maximum atomic E-state index is 13.8. The Hall–Kier alpha value is -4.38. The van der Waals surface area contributed by atoms with Crippen LogP contribution in [0.2, 0.25) is 0 Å². The van der Waals surface area contributed by atoms with E-state index in [9.17, 15) is 9.59 Å². The van der Waals surface area contributed by atoms with Gasteiger partial charge in [-0.15, -0.1) is 0 Å². The molecule has 0 aromatic heterocycles. The van der Waals surface area contributed by atoms with Gasteiger partial charge in [0, 0.05) is 31.9 Å². The molecule has 3 heterocycles. The van der Waals surface area contributed by atoms with E-state index in [1.54, 1.807) is 0 Å². The van der Waals surface area contributed by atoms with Crippen LogP contribution in [0.3, 0.4) is 0 Å². The molecule has 1 unspecified atom stereocenters. The minimum atomic E-state index is -0.567.